The lowest BCUT2D eigenvalue weighted by atomic mass is 9.82. The maximum Gasteiger partial charge on any atom is 0.241 e. The maximum atomic E-state index is 13.1. The van der Waals surface area contributed by atoms with Crippen molar-refractivity contribution in [3.8, 4) is 17.0 Å². The summed E-state index contributed by atoms with van der Waals surface area (Å²) in [5, 5.41) is 0. The molecular weight excluding hydrogens is 424 g/mol. The number of carbonyl (C=O) groups excluding carboxylic acids is 1. The molecule has 1 aromatic heterocycles. The summed E-state index contributed by atoms with van der Waals surface area (Å²) < 4.78 is 13.3. The van der Waals surface area contributed by atoms with Gasteiger partial charge in [-0.3, -0.25) is 4.79 Å². The van der Waals surface area contributed by atoms with Gasteiger partial charge in [-0.15, -0.1) is 0 Å². The van der Waals surface area contributed by atoms with Gasteiger partial charge >= 0.3 is 0 Å². The van der Waals surface area contributed by atoms with E-state index >= 15 is 0 Å². The molecule has 2 atom stereocenters. The first kappa shape index (κ1) is 23.1. The lowest BCUT2D eigenvalue weighted by Gasteiger charge is -2.39. The van der Waals surface area contributed by atoms with Gasteiger partial charge in [0.25, 0.3) is 0 Å². The van der Waals surface area contributed by atoms with Crippen molar-refractivity contribution in [1.82, 2.24) is 14.5 Å². The molecule has 2 N–H and O–H groups in total. The predicted octanol–water partition coefficient (Wildman–Crippen LogP) is 3.29. The van der Waals surface area contributed by atoms with Crippen molar-refractivity contribution in [3.05, 3.63) is 36.3 Å². The van der Waals surface area contributed by atoms with Crippen LogP contribution in [0.15, 0.2) is 30.5 Å². The van der Waals surface area contributed by atoms with Gasteiger partial charge in [-0.05, 0) is 50.2 Å². The number of amides is 1. The third-order valence-electron chi connectivity index (χ3n) is 6.93. The van der Waals surface area contributed by atoms with Crippen molar-refractivity contribution < 1.29 is 14.3 Å². The average molecular weight is 459 g/mol. The molecule has 2 unspecified atom stereocenters. The molecule has 0 saturated heterocycles. The number of thiol groups is 1. The predicted molar refractivity (Wildman–Crippen MR) is 128 cm³/mol. The molecule has 0 radical (unpaired) electrons. The Hall–Kier alpha value is -2.03. The van der Waals surface area contributed by atoms with Crippen LogP contribution < -0.4 is 10.5 Å². The Labute approximate surface area is 195 Å². The van der Waals surface area contributed by atoms with Crippen molar-refractivity contribution in [1.29, 1.82) is 0 Å². The van der Waals surface area contributed by atoms with E-state index in [1.807, 2.05) is 29.2 Å². The quantitative estimate of drug-likeness (QED) is 0.622. The molecule has 0 spiro atoms. The zero-order valence-electron chi connectivity index (χ0n) is 18.9. The van der Waals surface area contributed by atoms with Gasteiger partial charge < -0.3 is 24.7 Å². The Morgan fingerprint density at radius 2 is 1.97 bits per heavy atom. The number of nitrogens with two attached hydrogens (primary N) is 1. The van der Waals surface area contributed by atoms with Gasteiger partial charge in [0.05, 0.1) is 31.0 Å². The number of rotatable bonds is 7. The number of hydrogen-bond donors (Lipinski definition) is 2. The van der Waals surface area contributed by atoms with Gasteiger partial charge in [0, 0.05) is 37.7 Å². The normalized spacial score (nSPS) is 24.1. The molecule has 2 aromatic rings. The summed E-state index contributed by atoms with van der Waals surface area (Å²) in [4.78, 5) is 20.1. The van der Waals surface area contributed by atoms with Gasteiger partial charge in [-0.25, -0.2) is 4.98 Å². The summed E-state index contributed by atoms with van der Waals surface area (Å²) in [6.07, 6.45) is 7.68. The minimum absolute atomic E-state index is 0.0383. The Morgan fingerprint density at radius 1 is 1.22 bits per heavy atom. The topological polar surface area (TPSA) is 82.6 Å². The molecule has 2 heterocycles. The van der Waals surface area contributed by atoms with Crippen LogP contribution in [0.5, 0.6) is 5.75 Å². The standard InChI is InChI=1S/C24H34N4O3S/c1-30-17-9-7-16(8-10-17)13-21-23-26-20(18-5-3-4-6-22(18)31-2)14-27(23)11-12-28(21)24(29)19(25)15-32/h3-6,14,16-17,19,21,32H,7-13,15,25H2,1-2H3. The van der Waals surface area contributed by atoms with E-state index in [9.17, 15) is 4.79 Å². The van der Waals surface area contributed by atoms with Crippen LogP contribution in [0, 0.1) is 5.92 Å². The molecular formula is C24H34N4O3S. The highest BCUT2D eigenvalue weighted by molar-refractivity contribution is 7.80. The lowest BCUT2D eigenvalue weighted by molar-refractivity contribution is -0.136. The van der Waals surface area contributed by atoms with Crippen LogP contribution in [0.2, 0.25) is 0 Å². The molecule has 1 saturated carbocycles. The molecule has 7 nitrogen and oxygen atoms in total. The van der Waals surface area contributed by atoms with Gasteiger partial charge in [0.15, 0.2) is 0 Å². The van der Waals surface area contributed by atoms with Crippen molar-refractivity contribution in [2.75, 3.05) is 26.5 Å². The first-order chi connectivity index (χ1) is 15.5. The van der Waals surface area contributed by atoms with Crippen molar-refractivity contribution in [2.24, 2.45) is 11.7 Å². The van der Waals surface area contributed by atoms with Crippen LogP contribution in [0.1, 0.15) is 44.0 Å². The number of ether oxygens (including phenoxy) is 2. The number of methoxy groups -OCH3 is 2. The highest BCUT2D eigenvalue weighted by Crippen LogP contribution is 2.39. The van der Waals surface area contributed by atoms with Crippen LogP contribution in [0.25, 0.3) is 11.3 Å². The maximum absolute atomic E-state index is 13.1. The number of benzene rings is 1. The Balaban J connectivity index is 1.65. The van der Waals surface area contributed by atoms with E-state index in [2.05, 4.69) is 23.4 Å². The molecule has 2 aliphatic rings. The number of fused-ring (bicyclic) bond motifs is 1. The van der Waals surface area contributed by atoms with Gasteiger partial charge in [-0.1, -0.05) is 12.1 Å². The highest BCUT2D eigenvalue weighted by Gasteiger charge is 2.37. The first-order valence-corrected chi connectivity index (χ1v) is 12.1. The van der Waals surface area contributed by atoms with Gasteiger partial charge in [0.1, 0.15) is 11.6 Å². The number of aromatic nitrogens is 2. The Bertz CT molecular complexity index is 926. The molecule has 1 aliphatic heterocycles. The Kier molecular flexibility index (Phi) is 7.43. The summed E-state index contributed by atoms with van der Waals surface area (Å²) in [7, 11) is 3.47. The second-order valence-corrected chi connectivity index (χ2v) is 9.19. The Morgan fingerprint density at radius 3 is 2.66 bits per heavy atom. The molecule has 0 bridgehead atoms. The summed E-state index contributed by atoms with van der Waals surface area (Å²) in [6, 6.07) is 7.23. The molecule has 4 rings (SSSR count). The molecule has 32 heavy (non-hydrogen) atoms. The SMILES string of the molecule is COc1ccccc1-c1cn2c(n1)C(CC1CCC(OC)CC1)N(C(=O)C(N)CS)CC2. The minimum Gasteiger partial charge on any atom is -0.496 e. The summed E-state index contributed by atoms with van der Waals surface area (Å²) >= 11 is 4.26. The lowest BCUT2D eigenvalue weighted by Crippen LogP contribution is -2.50. The molecule has 1 aromatic carbocycles. The zero-order valence-corrected chi connectivity index (χ0v) is 19.8. The van der Waals surface area contributed by atoms with Crippen molar-refractivity contribution >= 4 is 18.5 Å². The van der Waals surface area contributed by atoms with Crippen LogP contribution >= 0.6 is 12.6 Å². The second kappa shape index (κ2) is 10.3. The third kappa shape index (κ3) is 4.67. The highest BCUT2D eigenvalue weighted by atomic mass is 32.1. The van der Waals surface area contributed by atoms with Gasteiger partial charge in [-0.2, -0.15) is 12.6 Å². The second-order valence-electron chi connectivity index (χ2n) is 8.83. The van der Waals surface area contributed by atoms with Crippen LogP contribution in [-0.4, -0.2) is 59.0 Å². The number of hydrogen-bond acceptors (Lipinski definition) is 6. The number of carbonyl (C=O) groups is 1. The summed E-state index contributed by atoms with van der Waals surface area (Å²) in [5.41, 5.74) is 7.94. The zero-order chi connectivity index (χ0) is 22.7. The van der Waals surface area contributed by atoms with Crippen LogP contribution in [0.3, 0.4) is 0 Å². The minimum atomic E-state index is -0.597. The molecule has 174 valence electrons. The van der Waals surface area contributed by atoms with E-state index in [4.69, 9.17) is 20.2 Å². The summed E-state index contributed by atoms with van der Waals surface area (Å²) in [5.74, 6) is 2.56. The number of nitrogens with zero attached hydrogens (tertiary/aromatic N) is 3. The molecule has 1 amide bonds. The first-order valence-electron chi connectivity index (χ1n) is 11.5. The van der Waals surface area contributed by atoms with Crippen molar-refractivity contribution in [3.63, 3.8) is 0 Å². The van der Waals surface area contributed by atoms with E-state index in [1.165, 1.54) is 0 Å². The molecule has 1 fully saturated rings. The van der Waals surface area contributed by atoms with E-state index in [0.29, 0.717) is 30.9 Å². The van der Waals surface area contributed by atoms with E-state index in [0.717, 1.165) is 54.9 Å². The number of imidazole rings is 1. The van der Waals surface area contributed by atoms with E-state index in [1.54, 1.807) is 14.2 Å². The van der Waals surface area contributed by atoms with Crippen molar-refractivity contribution in [2.45, 2.75) is 56.8 Å². The van der Waals surface area contributed by atoms with E-state index in [-0.39, 0.29) is 11.9 Å². The summed E-state index contributed by atoms with van der Waals surface area (Å²) in [6.45, 7) is 1.34. The van der Waals surface area contributed by atoms with Gasteiger partial charge in [0.2, 0.25) is 5.91 Å². The molecule has 8 heteroatoms. The van der Waals surface area contributed by atoms with Crippen LogP contribution in [0.4, 0.5) is 0 Å². The number of para-hydroxylation sites is 1. The van der Waals surface area contributed by atoms with Crippen LogP contribution in [-0.2, 0) is 16.1 Å². The fourth-order valence-electron chi connectivity index (χ4n) is 5.08. The smallest absolute Gasteiger partial charge is 0.241 e. The third-order valence-corrected chi connectivity index (χ3v) is 7.32. The van der Waals surface area contributed by atoms with E-state index < -0.39 is 6.04 Å². The monoisotopic (exact) mass is 458 g/mol. The fraction of sp³-hybridized carbons (Fsp3) is 0.583. The molecule has 1 aliphatic carbocycles. The fourth-order valence-corrected chi connectivity index (χ4v) is 5.23. The average Bonchev–Trinajstić information content (AvgIpc) is 3.28. The largest absolute Gasteiger partial charge is 0.496 e.